The summed E-state index contributed by atoms with van der Waals surface area (Å²) in [4.78, 5) is 12.1. The molecule has 0 spiro atoms. The second kappa shape index (κ2) is 4.47. The molecule has 0 radical (unpaired) electrons. The number of aromatic nitrogens is 3. The first-order valence-electron chi connectivity index (χ1n) is 5.78. The number of hydrogen-bond donors (Lipinski definition) is 1. The van der Waals surface area contributed by atoms with Gasteiger partial charge in [-0.3, -0.25) is 0 Å². The van der Waals surface area contributed by atoms with Crippen LogP contribution in [0.4, 0.5) is 0 Å². The molecule has 1 atom stereocenters. The maximum Gasteiger partial charge on any atom is 0.335 e. The van der Waals surface area contributed by atoms with E-state index < -0.39 is 5.97 Å². The Labute approximate surface area is 113 Å². The van der Waals surface area contributed by atoms with Gasteiger partial charge < -0.3 is 5.11 Å². The normalized spacial score (nSPS) is 12.7. The van der Waals surface area contributed by atoms with Crippen LogP contribution in [-0.4, -0.2) is 26.1 Å². The van der Waals surface area contributed by atoms with E-state index in [1.807, 2.05) is 23.1 Å². The van der Waals surface area contributed by atoms with Crippen LogP contribution < -0.4 is 0 Å². The van der Waals surface area contributed by atoms with Gasteiger partial charge in [-0.05, 0) is 36.6 Å². The number of carbonyl (C=O) groups is 1. The lowest BCUT2D eigenvalue weighted by Crippen LogP contribution is -2.07. The van der Waals surface area contributed by atoms with Crippen LogP contribution in [0.3, 0.4) is 0 Å². The highest BCUT2D eigenvalue weighted by Gasteiger charge is 2.15. The standard InChI is InChI=1S/C13H11N3O2S/c1-8(12-3-2-6-19-12)16-11-5-4-9(13(17)18)7-10(11)14-15-16/h2-8H,1H3,(H,17,18). The van der Waals surface area contributed by atoms with Crippen molar-refractivity contribution in [1.29, 1.82) is 0 Å². The molecule has 0 aliphatic carbocycles. The molecule has 2 aromatic heterocycles. The lowest BCUT2D eigenvalue weighted by atomic mass is 10.2. The van der Waals surface area contributed by atoms with Crippen LogP contribution in [0.5, 0.6) is 0 Å². The van der Waals surface area contributed by atoms with Crippen molar-refractivity contribution >= 4 is 28.3 Å². The molecule has 0 amide bonds. The summed E-state index contributed by atoms with van der Waals surface area (Å²) in [6, 6.07) is 9.00. The van der Waals surface area contributed by atoms with Crippen LogP contribution >= 0.6 is 11.3 Å². The fourth-order valence-corrected chi connectivity index (χ4v) is 2.78. The molecule has 5 nitrogen and oxygen atoms in total. The monoisotopic (exact) mass is 273 g/mol. The molecular formula is C13H11N3O2S. The third-order valence-corrected chi connectivity index (χ3v) is 4.08. The zero-order chi connectivity index (χ0) is 13.4. The van der Waals surface area contributed by atoms with Crippen LogP contribution in [0.15, 0.2) is 35.7 Å². The maximum absolute atomic E-state index is 10.9. The lowest BCUT2D eigenvalue weighted by molar-refractivity contribution is 0.0697. The first-order valence-corrected chi connectivity index (χ1v) is 6.66. The maximum atomic E-state index is 10.9. The van der Waals surface area contributed by atoms with Gasteiger partial charge in [0.25, 0.3) is 0 Å². The number of benzene rings is 1. The number of carboxylic acids is 1. The predicted molar refractivity (Wildman–Crippen MR) is 72.6 cm³/mol. The third kappa shape index (κ3) is 2.00. The quantitative estimate of drug-likeness (QED) is 0.796. The number of fused-ring (bicyclic) bond motifs is 1. The van der Waals surface area contributed by atoms with Crippen molar-refractivity contribution in [1.82, 2.24) is 15.0 Å². The van der Waals surface area contributed by atoms with Crippen LogP contribution in [-0.2, 0) is 0 Å². The minimum atomic E-state index is -0.956. The van der Waals surface area contributed by atoms with Crippen LogP contribution in [0, 0.1) is 0 Å². The molecular weight excluding hydrogens is 262 g/mol. The van der Waals surface area contributed by atoms with Gasteiger partial charge >= 0.3 is 5.97 Å². The molecule has 0 fully saturated rings. The number of aromatic carboxylic acids is 1. The summed E-state index contributed by atoms with van der Waals surface area (Å²) in [5, 5.41) is 19.2. The smallest absolute Gasteiger partial charge is 0.335 e. The fraction of sp³-hybridized carbons (Fsp3) is 0.154. The molecule has 6 heteroatoms. The van der Waals surface area contributed by atoms with Gasteiger partial charge in [-0.15, -0.1) is 16.4 Å². The van der Waals surface area contributed by atoms with Gasteiger partial charge in [-0.1, -0.05) is 11.3 Å². The molecule has 2 heterocycles. The van der Waals surface area contributed by atoms with E-state index >= 15 is 0 Å². The third-order valence-electron chi connectivity index (χ3n) is 3.04. The van der Waals surface area contributed by atoms with Crippen LogP contribution in [0.2, 0.25) is 0 Å². The average molecular weight is 273 g/mol. The molecule has 1 unspecified atom stereocenters. The summed E-state index contributed by atoms with van der Waals surface area (Å²) < 4.78 is 1.81. The number of carboxylic acid groups (broad SMARTS) is 1. The summed E-state index contributed by atoms with van der Waals surface area (Å²) in [6.07, 6.45) is 0. The highest BCUT2D eigenvalue weighted by molar-refractivity contribution is 7.10. The SMILES string of the molecule is CC(c1cccs1)n1nnc2cc(C(=O)O)ccc21. The zero-order valence-corrected chi connectivity index (χ0v) is 11.0. The summed E-state index contributed by atoms with van der Waals surface area (Å²) in [5.41, 5.74) is 1.66. The second-order valence-corrected chi connectivity index (χ2v) is 5.21. The first kappa shape index (κ1) is 11.9. The number of nitrogens with zero attached hydrogens (tertiary/aromatic N) is 3. The summed E-state index contributed by atoms with van der Waals surface area (Å²) in [6.45, 7) is 2.05. The number of hydrogen-bond acceptors (Lipinski definition) is 4. The summed E-state index contributed by atoms with van der Waals surface area (Å²) >= 11 is 1.66. The molecule has 3 rings (SSSR count). The molecule has 0 saturated carbocycles. The minimum Gasteiger partial charge on any atom is -0.478 e. The van der Waals surface area contributed by atoms with E-state index in [9.17, 15) is 4.79 Å². The topological polar surface area (TPSA) is 68.0 Å². The van der Waals surface area contributed by atoms with Crippen LogP contribution in [0.1, 0.15) is 28.2 Å². The van der Waals surface area contributed by atoms with Crippen LogP contribution in [0.25, 0.3) is 11.0 Å². The van der Waals surface area contributed by atoms with Crippen molar-refractivity contribution in [2.24, 2.45) is 0 Å². The Balaban J connectivity index is 2.08. The van der Waals surface area contributed by atoms with Crippen molar-refractivity contribution in [3.63, 3.8) is 0 Å². The van der Waals surface area contributed by atoms with E-state index in [-0.39, 0.29) is 11.6 Å². The molecule has 0 saturated heterocycles. The summed E-state index contributed by atoms with van der Waals surface area (Å²) in [7, 11) is 0. The van der Waals surface area contributed by atoms with Gasteiger partial charge in [0.05, 0.1) is 17.1 Å². The van der Waals surface area contributed by atoms with Gasteiger partial charge in [0.2, 0.25) is 0 Å². The summed E-state index contributed by atoms with van der Waals surface area (Å²) in [5.74, 6) is -0.956. The van der Waals surface area contributed by atoms with E-state index in [2.05, 4.69) is 16.4 Å². The zero-order valence-electron chi connectivity index (χ0n) is 10.1. The Morgan fingerprint density at radius 1 is 1.42 bits per heavy atom. The molecule has 0 bridgehead atoms. The van der Waals surface area contributed by atoms with E-state index in [0.29, 0.717) is 5.52 Å². The van der Waals surface area contributed by atoms with Crippen molar-refractivity contribution < 1.29 is 9.90 Å². The molecule has 3 aromatic rings. The molecule has 19 heavy (non-hydrogen) atoms. The molecule has 0 aliphatic heterocycles. The highest BCUT2D eigenvalue weighted by Crippen LogP contribution is 2.25. The first-order chi connectivity index (χ1) is 9.16. The number of thiophene rings is 1. The molecule has 1 aromatic carbocycles. The predicted octanol–water partition coefficient (Wildman–Crippen LogP) is 2.80. The largest absolute Gasteiger partial charge is 0.478 e. The average Bonchev–Trinajstić information content (AvgIpc) is 3.06. The van der Waals surface area contributed by atoms with Crippen molar-refractivity contribution in [3.05, 3.63) is 46.2 Å². The Morgan fingerprint density at radius 3 is 2.95 bits per heavy atom. The Bertz CT molecular complexity index is 734. The van der Waals surface area contributed by atoms with Gasteiger partial charge in [0.1, 0.15) is 5.52 Å². The molecule has 0 aliphatic rings. The number of rotatable bonds is 3. The minimum absolute atomic E-state index is 0.0840. The van der Waals surface area contributed by atoms with E-state index in [0.717, 1.165) is 5.52 Å². The Morgan fingerprint density at radius 2 is 2.26 bits per heavy atom. The van der Waals surface area contributed by atoms with Crippen molar-refractivity contribution in [2.45, 2.75) is 13.0 Å². The Hall–Kier alpha value is -2.21. The molecule has 96 valence electrons. The van der Waals surface area contributed by atoms with Gasteiger partial charge in [0, 0.05) is 4.88 Å². The van der Waals surface area contributed by atoms with Gasteiger partial charge in [-0.2, -0.15) is 0 Å². The fourth-order valence-electron chi connectivity index (χ4n) is 2.01. The highest BCUT2D eigenvalue weighted by atomic mass is 32.1. The lowest BCUT2D eigenvalue weighted by Gasteiger charge is -2.10. The van der Waals surface area contributed by atoms with E-state index in [4.69, 9.17) is 5.11 Å². The van der Waals surface area contributed by atoms with Gasteiger partial charge in [0.15, 0.2) is 0 Å². The van der Waals surface area contributed by atoms with Gasteiger partial charge in [-0.25, -0.2) is 9.48 Å². The molecule has 1 N–H and O–H groups in total. The Kier molecular flexibility index (Phi) is 2.79. The van der Waals surface area contributed by atoms with E-state index in [1.165, 1.54) is 4.88 Å². The second-order valence-electron chi connectivity index (χ2n) is 4.23. The van der Waals surface area contributed by atoms with E-state index in [1.54, 1.807) is 29.5 Å². The van der Waals surface area contributed by atoms with Crippen molar-refractivity contribution in [2.75, 3.05) is 0 Å². The van der Waals surface area contributed by atoms with Crippen molar-refractivity contribution in [3.8, 4) is 0 Å².